The average Bonchev–Trinajstić information content (AvgIpc) is 3.08. The first-order valence-electron chi connectivity index (χ1n) is 10.3. The zero-order chi connectivity index (χ0) is 25.4. The van der Waals surface area contributed by atoms with E-state index in [0.29, 0.717) is 16.5 Å². The lowest BCUT2D eigenvalue weighted by Gasteiger charge is -2.10. The topological polar surface area (TPSA) is 90.7 Å². The molecule has 4 rings (SSSR count). The van der Waals surface area contributed by atoms with Crippen LogP contribution in [0.2, 0.25) is 0 Å². The van der Waals surface area contributed by atoms with Gasteiger partial charge in [0.15, 0.2) is 5.88 Å². The van der Waals surface area contributed by atoms with Gasteiger partial charge in [0, 0.05) is 34.9 Å². The van der Waals surface area contributed by atoms with Crippen LogP contribution in [0.3, 0.4) is 0 Å². The summed E-state index contributed by atoms with van der Waals surface area (Å²) in [5, 5.41) is 12.2. The summed E-state index contributed by atoms with van der Waals surface area (Å²) in [5.41, 5.74) is 3.63. The van der Waals surface area contributed by atoms with E-state index in [2.05, 4.69) is 9.72 Å². The van der Waals surface area contributed by atoms with E-state index in [1.54, 1.807) is 23.0 Å². The molecule has 0 saturated carbocycles. The Kier molecular flexibility index (Phi) is 6.48. The molecule has 0 aliphatic rings. The summed E-state index contributed by atoms with van der Waals surface area (Å²) in [6.45, 7) is 1.95. The van der Waals surface area contributed by atoms with Crippen molar-refractivity contribution < 1.29 is 35.6 Å². The molecule has 11 heteroatoms. The van der Waals surface area contributed by atoms with Crippen LogP contribution >= 0.6 is 0 Å². The molecule has 0 aliphatic heterocycles. The normalized spacial score (nSPS) is 12.3. The first kappa shape index (κ1) is 24.6. The minimum absolute atomic E-state index is 0.0353. The van der Waals surface area contributed by atoms with Gasteiger partial charge in [-0.05, 0) is 53.4 Å². The standard InChI is InChI=1S/C24H21F3N2O5S/c1-15-7-18(19-8-17(10-28-11-19)14-33-35(2,31)32)9-20-13-29(23(30)22(15)20)12-16-3-5-21(6-4-16)34-24(25,26)27/h3-11,13,30H,12,14H2,1-2H3. The summed E-state index contributed by atoms with van der Waals surface area (Å²) in [5.74, 6) is -0.283. The fraction of sp³-hybridized carbons (Fsp3) is 0.208. The maximum absolute atomic E-state index is 12.4. The molecule has 2 aromatic heterocycles. The van der Waals surface area contributed by atoms with E-state index in [-0.39, 0.29) is 24.8 Å². The Morgan fingerprint density at radius 2 is 1.74 bits per heavy atom. The molecule has 0 bridgehead atoms. The molecule has 4 aromatic rings. The van der Waals surface area contributed by atoms with Crippen LogP contribution in [0.15, 0.2) is 61.1 Å². The SMILES string of the molecule is Cc1cc(-c2cncc(COS(C)(=O)=O)c2)cc2cn(Cc3ccc(OC(F)(F)F)cc3)c(O)c12. The van der Waals surface area contributed by atoms with E-state index in [1.807, 2.05) is 19.1 Å². The Labute approximate surface area is 199 Å². The number of halogens is 3. The van der Waals surface area contributed by atoms with E-state index in [9.17, 15) is 26.7 Å². The van der Waals surface area contributed by atoms with Crippen LogP contribution in [0.1, 0.15) is 16.7 Å². The highest BCUT2D eigenvalue weighted by molar-refractivity contribution is 7.85. The van der Waals surface area contributed by atoms with Crippen molar-refractivity contribution in [3.63, 3.8) is 0 Å². The lowest BCUT2D eigenvalue weighted by Crippen LogP contribution is -2.17. The number of benzene rings is 2. The zero-order valence-electron chi connectivity index (χ0n) is 18.7. The zero-order valence-corrected chi connectivity index (χ0v) is 19.5. The average molecular weight is 507 g/mol. The lowest BCUT2D eigenvalue weighted by molar-refractivity contribution is -0.274. The van der Waals surface area contributed by atoms with Crippen molar-refractivity contribution in [2.24, 2.45) is 0 Å². The fourth-order valence-corrected chi connectivity index (χ4v) is 4.12. The van der Waals surface area contributed by atoms with E-state index >= 15 is 0 Å². The molecule has 2 aromatic carbocycles. The van der Waals surface area contributed by atoms with Gasteiger partial charge in [-0.25, -0.2) is 0 Å². The molecule has 0 fully saturated rings. The van der Waals surface area contributed by atoms with Gasteiger partial charge in [0.05, 0.1) is 19.4 Å². The Balaban J connectivity index is 1.61. The van der Waals surface area contributed by atoms with Crippen molar-refractivity contribution in [3.05, 3.63) is 77.7 Å². The molecule has 0 atom stereocenters. The van der Waals surface area contributed by atoms with Gasteiger partial charge in [-0.2, -0.15) is 8.42 Å². The molecule has 35 heavy (non-hydrogen) atoms. The Bertz CT molecular complexity index is 1480. The predicted molar refractivity (Wildman–Crippen MR) is 123 cm³/mol. The van der Waals surface area contributed by atoms with E-state index in [0.717, 1.165) is 28.3 Å². The van der Waals surface area contributed by atoms with E-state index in [4.69, 9.17) is 4.18 Å². The molecule has 0 aliphatic carbocycles. The van der Waals surface area contributed by atoms with Crippen LogP contribution in [0, 0.1) is 6.92 Å². The quantitative estimate of drug-likeness (QED) is 0.349. The number of hydrogen-bond donors (Lipinski definition) is 1. The molecule has 2 heterocycles. The summed E-state index contributed by atoms with van der Waals surface area (Å²) in [4.78, 5) is 4.17. The Hall–Kier alpha value is -3.57. The van der Waals surface area contributed by atoms with Crippen molar-refractivity contribution in [2.75, 3.05) is 6.26 Å². The van der Waals surface area contributed by atoms with Gasteiger partial charge in [-0.3, -0.25) is 9.17 Å². The van der Waals surface area contributed by atoms with Gasteiger partial charge in [0.1, 0.15) is 5.75 Å². The predicted octanol–water partition coefficient (Wildman–Crippen LogP) is 5.14. The summed E-state index contributed by atoms with van der Waals surface area (Å²) in [7, 11) is -3.59. The summed E-state index contributed by atoms with van der Waals surface area (Å²) in [6, 6.07) is 11.0. The number of alkyl halides is 3. The number of rotatable bonds is 7. The lowest BCUT2D eigenvalue weighted by atomic mass is 10.00. The van der Waals surface area contributed by atoms with Crippen LogP contribution in [0.25, 0.3) is 21.9 Å². The molecular formula is C24H21F3N2O5S. The van der Waals surface area contributed by atoms with Gasteiger partial charge in [-0.1, -0.05) is 18.2 Å². The number of pyridine rings is 1. The molecular weight excluding hydrogens is 485 g/mol. The van der Waals surface area contributed by atoms with Crippen molar-refractivity contribution in [2.45, 2.75) is 26.4 Å². The third-order valence-corrected chi connectivity index (χ3v) is 5.78. The number of aromatic hydroxyl groups is 1. The Morgan fingerprint density at radius 1 is 1.03 bits per heavy atom. The van der Waals surface area contributed by atoms with Crippen molar-refractivity contribution in [1.82, 2.24) is 9.55 Å². The molecule has 0 unspecified atom stereocenters. The Morgan fingerprint density at radius 3 is 2.40 bits per heavy atom. The summed E-state index contributed by atoms with van der Waals surface area (Å²) >= 11 is 0. The second kappa shape index (κ2) is 9.23. The second-order valence-electron chi connectivity index (χ2n) is 8.08. The minimum atomic E-state index is -4.76. The van der Waals surface area contributed by atoms with Crippen LogP contribution < -0.4 is 4.74 Å². The highest BCUT2D eigenvalue weighted by atomic mass is 32.2. The third kappa shape index (κ3) is 6.11. The molecule has 0 amide bonds. The monoisotopic (exact) mass is 506 g/mol. The summed E-state index contributed by atoms with van der Waals surface area (Å²) in [6.07, 6.45) is 1.14. The number of aromatic nitrogens is 2. The smallest absolute Gasteiger partial charge is 0.494 e. The maximum Gasteiger partial charge on any atom is 0.573 e. The molecule has 7 nitrogen and oxygen atoms in total. The van der Waals surface area contributed by atoms with Gasteiger partial charge < -0.3 is 14.4 Å². The van der Waals surface area contributed by atoms with Crippen LogP contribution in [-0.4, -0.2) is 35.7 Å². The summed E-state index contributed by atoms with van der Waals surface area (Å²) < 4.78 is 70.0. The van der Waals surface area contributed by atoms with Crippen LogP contribution in [0.5, 0.6) is 11.6 Å². The second-order valence-corrected chi connectivity index (χ2v) is 9.72. The number of ether oxygens (including phenoxy) is 1. The minimum Gasteiger partial charge on any atom is -0.494 e. The van der Waals surface area contributed by atoms with Gasteiger partial charge in [0.2, 0.25) is 0 Å². The first-order chi connectivity index (χ1) is 16.4. The van der Waals surface area contributed by atoms with Gasteiger partial charge >= 0.3 is 6.36 Å². The van der Waals surface area contributed by atoms with Crippen LogP contribution in [0.4, 0.5) is 13.2 Å². The molecule has 0 spiro atoms. The molecule has 1 N–H and O–H groups in total. The highest BCUT2D eigenvalue weighted by Gasteiger charge is 2.31. The van der Waals surface area contributed by atoms with E-state index < -0.39 is 16.5 Å². The number of nitrogens with zero attached hydrogens (tertiary/aromatic N) is 2. The highest BCUT2D eigenvalue weighted by Crippen LogP contribution is 2.35. The number of aryl methyl sites for hydroxylation is 1. The molecule has 0 saturated heterocycles. The fourth-order valence-electron chi connectivity index (χ4n) is 3.77. The van der Waals surface area contributed by atoms with E-state index in [1.165, 1.54) is 30.5 Å². The molecule has 0 radical (unpaired) electrons. The van der Waals surface area contributed by atoms with Crippen molar-refractivity contribution in [1.29, 1.82) is 0 Å². The molecule has 184 valence electrons. The maximum atomic E-state index is 12.4. The number of fused-ring (bicyclic) bond motifs is 1. The van der Waals surface area contributed by atoms with Crippen molar-refractivity contribution >= 4 is 20.9 Å². The third-order valence-electron chi connectivity index (χ3n) is 5.23. The largest absolute Gasteiger partial charge is 0.573 e. The van der Waals surface area contributed by atoms with Gasteiger partial charge in [-0.15, -0.1) is 13.2 Å². The number of hydrogen-bond acceptors (Lipinski definition) is 6. The van der Waals surface area contributed by atoms with Gasteiger partial charge in [0.25, 0.3) is 10.1 Å². The van der Waals surface area contributed by atoms with Crippen LogP contribution in [-0.2, 0) is 27.5 Å². The first-order valence-corrected chi connectivity index (χ1v) is 12.2. The van der Waals surface area contributed by atoms with Crippen molar-refractivity contribution in [3.8, 4) is 22.8 Å².